The van der Waals surface area contributed by atoms with Crippen molar-refractivity contribution < 1.29 is 33.5 Å². The van der Waals surface area contributed by atoms with E-state index in [9.17, 15) is 14.7 Å². The Hall–Kier alpha value is -2.14. The lowest BCUT2D eigenvalue weighted by Gasteiger charge is -2.38. The third-order valence-corrected chi connectivity index (χ3v) is 7.28. The SMILES string of the molecule is COCC(=O)N1CCc2cc(B3OC(C)(C)C(C)(C)O3)cc([C@@H]3COCCN3C(=O)O)c2C1. The van der Waals surface area contributed by atoms with E-state index in [2.05, 4.69) is 6.07 Å². The Bertz CT molecular complexity index is 920. The molecule has 3 aliphatic heterocycles. The molecule has 1 atom stereocenters. The van der Waals surface area contributed by atoms with Gasteiger partial charge in [0.2, 0.25) is 5.91 Å². The van der Waals surface area contributed by atoms with E-state index in [1.165, 1.54) is 12.0 Å². The number of hydrogen-bond acceptors (Lipinski definition) is 6. The van der Waals surface area contributed by atoms with Gasteiger partial charge in [0.1, 0.15) is 6.61 Å². The maximum absolute atomic E-state index is 12.5. The first-order valence-corrected chi connectivity index (χ1v) is 11.4. The molecule has 9 nitrogen and oxygen atoms in total. The molecule has 0 aromatic heterocycles. The predicted molar refractivity (Wildman–Crippen MR) is 121 cm³/mol. The van der Waals surface area contributed by atoms with Gasteiger partial charge >= 0.3 is 13.2 Å². The largest absolute Gasteiger partial charge is 0.494 e. The molecule has 0 bridgehead atoms. The summed E-state index contributed by atoms with van der Waals surface area (Å²) in [6.45, 7) is 9.94. The van der Waals surface area contributed by atoms with Crippen LogP contribution in [0.15, 0.2) is 12.1 Å². The second-order valence-electron chi connectivity index (χ2n) is 9.90. The summed E-state index contributed by atoms with van der Waals surface area (Å²) in [6.07, 6.45) is -0.326. The quantitative estimate of drug-likeness (QED) is 0.682. The van der Waals surface area contributed by atoms with Crippen LogP contribution in [-0.4, -0.2) is 85.2 Å². The normalized spacial score (nSPS) is 24.0. The fourth-order valence-corrected chi connectivity index (χ4v) is 4.65. The summed E-state index contributed by atoms with van der Waals surface area (Å²) in [5.74, 6) is -0.0841. The van der Waals surface area contributed by atoms with Crippen molar-refractivity contribution in [2.45, 2.75) is 57.9 Å². The van der Waals surface area contributed by atoms with Crippen molar-refractivity contribution in [3.63, 3.8) is 0 Å². The molecule has 3 aliphatic rings. The topological polar surface area (TPSA) is 97.8 Å². The summed E-state index contributed by atoms with van der Waals surface area (Å²) in [5, 5.41) is 9.84. The zero-order chi connectivity index (χ0) is 24.0. The van der Waals surface area contributed by atoms with E-state index in [1.807, 2.05) is 33.8 Å². The average Bonchev–Trinajstić information content (AvgIpc) is 2.99. The summed E-state index contributed by atoms with van der Waals surface area (Å²) in [7, 11) is 0.942. The minimum absolute atomic E-state index is 0.0183. The van der Waals surface area contributed by atoms with E-state index in [0.29, 0.717) is 32.7 Å². The predicted octanol–water partition coefficient (Wildman–Crippen LogP) is 1.57. The first-order chi connectivity index (χ1) is 15.5. The van der Waals surface area contributed by atoms with Gasteiger partial charge in [0, 0.05) is 26.7 Å². The van der Waals surface area contributed by atoms with Crippen LogP contribution in [0.5, 0.6) is 0 Å². The molecule has 1 aromatic carbocycles. The Kier molecular flexibility index (Phi) is 6.48. The molecule has 1 aromatic rings. The molecule has 2 amide bonds. The molecule has 0 radical (unpaired) electrons. The standard InChI is InChI=1S/C23H33BN2O7/c1-22(2)23(3,4)33-24(32-22)16-10-15-6-7-25(20(27)14-30-5)12-18(15)17(11-16)19-13-31-9-8-26(19)21(28)29/h10-11,19H,6-9,12-14H2,1-5H3,(H,28,29)/t19-/m0/s1. The molecule has 180 valence electrons. The van der Waals surface area contributed by atoms with Crippen molar-refractivity contribution in [1.82, 2.24) is 9.80 Å². The van der Waals surface area contributed by atoms with Crippen LogP contribution in [0.1, 0.15) is 50.4 Å². The molecule has 4 rings (SSSR count). The van der Waals surface area contributed by atoms with Crippen LogP contribution in [0, 0.1) is 0 Å². The number of methoxy groups -OCH3 is 1. The Labute approximate surface area is 195 Å². The van der Waals surface area contributed by atoms with E-state index in [4.69, 9.17) is 18.8 Å². The van der Waals surface area contributed by atoms with Gasteiger partial charge in [-0.2, -0.15) is 0 Å². The number of benzene rings is 1. The van der Waals surface area contributed by atoms with Gasteiger partial charge in [0.15, 0.2) is 0 Å². The van der Waals surface area contributed by atoms with Gasteiger partial charge in [-0.25, -0.2) is 4.79 Å². The fourth-order valence-electron chi connectivity index (χ4n) is 4.65. The number of carbonyl (C=O) groups excluding carboxylic acids is 1. The molecule has 1 N–H and O–H groups in total. The highest BCUT2D eigenvalue weighted by atomic mass is 16.7. The second-order valence-corrected chi connectivity index (χ2v) is 9.90. The molecule has 33 heavy (non-hydrogen) atoms. The van der Waals surface area contributed by atoms with Gasteiger partial charge in [0.25, 0.3) is 0 Å². The highest BCUT2D eigenvalue weighted by Crippen LogP contribution is 2.38. The molecular weight excluding hydrogens is 427 g/mol. The zero-order valence-electron chi connectivity index (χ0n) is 20.1. The highest BCUT2D eigenvalue weighted by Gasteiger charge is 2.52. The Morgan fingerprint density at radius 2 is 1.88 bits per heavy atom. The van der Waals surface area contributed by atoms with Crippen molar-refractivity contribution in [2.24, 2.45) is 0 Å². The number of hydrogen-bond donors (Lipinski definition) is 1. The van der Waals surface area contributed by atoms with Crippen LogP contribution >= 0.6 is 0 Å². The number of carboxylic acid groups (broad SMARTS) is 1. The first-order valence-electron chi connectivity index (χ1n) is 11.4. The summed E-state index contributed by atoms with van der Waals surface area (Å²) in [5.41, 5.74) is 2.77. The molecule has 3 heterocycles. The van der Waals surface area contributed by atoms with E-state index in [-0.39, 0.29) is 19.1 Å². The summed E-state index contributed by atoms with van der Waals surface area (Å²) in [4.78, 5) is 27.7. The first kappa shape index (κ1) is 24.0. The molecule has 2 fully saturated rings. The third kappa shape index (κ3) is 4.49. The summed E-state index contributed by atoms with van der Waals surface area (Å²) >= 11 is 0. The van der Waals surface area contributed by atoms with Gasteiger partial charge in [-0.15, -0.1) is 0 Å². The minimum atomic E-state index is -0.985. The minimum Gasteiger partial charge on any atom is -0.465 e. The lowest BCUT2D eigenvalue weighted by Crippen LogP contribution is -2.45. The van der Waals surface area contributed by atoms with Gasteiger partial charge in [-0.05, 0) is 56.3 Å². The smallest absolute Gasteiger partial charge is 0.465 e. The van der Waals surface area contributed by atoms with Crippen molar-refractivity contribution in [2.75, 3.05) is 40.0 Å². The number of ether oxygens (including phenoxy) is 2. The fraction of sp³-hybridized carbons (Fsp3) is 0.652. The van der Waals surface area contributed by atoms with Crippen LogP contribution in [0.25, 0.3) is 0 Å². The van der Waals surface area contributed by atoms with Crippen LogP contribution in [0.2, 0.25) is 0 Å². The van der Waals surface area contributed by atoms with Crippen molar-refractivity contribution in [1.29, 1.82) is 0 Å². The monoisotopic (exact) mass is 460 g/mol. The zero-order valence-corrected chi connectivity index (χ0v) is 20.1. The second kappa shape index (κ2) is 8.90. The molecule has 0 saturated carbocycles. The van der Waals surface area contributed by atoms with Gasteiger partial charge < -0.3 is 28.8 Å². The molecule has 0 aliphatic carbocycles. The molecule has 10 heteroatoms. The lowest BCUT2D eigenvalue weighted by molar-refractivity contribution is -0.136. The van der Waals surface area contributed by atoms with Crippen molar-refractivity contribution in [3.8, 4) is 0 Å². The van der Waals surface area contributed by atoms with Gasteiger partial charge in [-0.3, -0.25) is 9.69 Å². The number of rotatable bonds is 4. The molecular formula is C23H33BN2O7. The molecule has 0 spiro atoms. The number of amides is 2. The average molecular weight is 460 g/mol. The number of nitrogens with zero attached hydrogens (tertiary/aromatic N) is 2. The summed E-state index contributed by atoms with van der Waals surface area (Å²) in [6, 6.07) is 3.58. The lowest BCUT2D eigenvalue weighted by atomic mass is 9.74. The number of fused-ring (bicyclic) bond motifs is 1. The van der Waals surface area contributed by atoms with Gasteiger partial charge in [0.05, 0.1) is 30.5 Å². The third-order valence-electron chi connectivity index (χ3n) is 7.28. The van der Waals surface area contributed by atoms with E-state index in [1.54, 1.807) is 4.90 Å². The highest BCUT2D eigenvalue weighted by molar-refractivity contribution is 6.62. The Morgan fingerprint density at radius 1 is 1.18 bits per heavy atom. The van der Waals surface area contributed by atoms with Crippen molar-refractivity contribution in [3.05, 3.63) is 28.8 Å². The van der Waals surface area contributed by atoms with E-state index in [0.717, 1.165) is 22.2 Å². The van der Waals surface area contributed by atoms with Crippen LogP contribution < -0.4 is 5.46 Å². The van der Waals surface area contributed by atoms with Crippen LogP contribution in [0.3, 0.4) is 0 Å². The van der Waals surface area contributed by atoms with E-state index >= 15 is 0 Å². The maximum Gasteiger partial charge on any atom is 0.494 e. The Morgan fingerprint density at radius 3 is 2.52 bits per heavy atom. The van der Waals surface area contributed by atoms with Crippen LogP contribution in [-0.2, 0) is 36.5 Å². The van der Waals surface area contributed by atoms with Crippen LogP contribution in [0.4, 0.5) is 4.79 Å². The van der Waals surface area contributed by atoms with E-state index < -0.39 is 30.5 Å². The summed E-state index contributed by atoms with van der Waals surface area (Å²) < 4.78 is 23.3. The Balaban J connectivity index is 1.76. The molecule has 2 saturated heterocycles. The maximum atomic E-state index is 12.5. The number of carbonyl (C=O) groups is 2. The van der Waals surface area contributed by atoms with Gasteiger partial charge in [-0.1, -0.05) is 12.1 Å². The van der Waals surface area contributed by atoms with Crippen molar-refractivity contribution >= 4 is 24.6 Å². The number of morpholine rings is 1. The molecule has 0 unspecified atom stereocenters.